The molecule has 0 spiro atoms. The Bertz CT molecular complexity index is 1380. The molecule has 35 heavy (non-hydrogen) atoms. The normalized spacial score (nSPS) is 13.0. The van der Waals surface area contributed by atoms with Crippen LogP contribution >= 0.6 is 11.3 Å². The molecule has 2 aromatic heterocycles. The molecule has 0 fully saturated rings. The van der Waals surface area contributed by atoms with Gasteiger partial charge in [-0.1, -0.05) is 12.1 Å². The quantitative estimate of drug-likeness (QED) is 0.151. The number of anilines is 1. The maximum atomic E-state index is 12.9. The molecule has 3 aromatic rings. The molecule has 1 aliphatic carbocycles. The van der Waals surface area contributed by atoms with Crippen molar-refractivity contribution in [1.29, 1.82) is 5.26 Å². The van der Waals surface area contributed by atoms with Gasteiger partial charge < -0.3 is 14.5 Å². The highest BCUT2D eigenvalue weighted by molar-refractivity contribution is 7.17. The van der Waals surface area contributed by atoms with E-state index in [1.807, 2.05) is 6.07 Å². The second kappa shape index (κ2) is 10.4. The molecular formula is C25H21N3O6S. The summed E-state index contributed by atoms with van der Waals surface area (Å²) in [7, 11) is 0. The Morgan fingerprint density at radius 1 is 1.26 bits per heavy atom. The standard InChI is InChI=1S/C25H21N3O6S/c1-2-33-25(30)22-18-8-4-6-10-21(18)35-24(22)27-23(29)15(14-26)13-16-11-12-20(34-16)17-7-3-5-9-19(17)28(31)32/h3,5,7,9,11-13H,2,4,6,8,10H2,1H3,(H,27,29)/b15-13+. The number of nitriles is 1. The maximum absolute atomic E-state index is 12.9. The zero-order valence-corrected chi connectivity index (χ0v) is 19.6. The smallest absolute Gasteiger partial charge is 0.341 e. The molecule has 0 aliphatic heterocycles. The number of furan rings is 1. The number of aryl methyl sites for hydroxylation is 1. The second-order valence-electron chi connectivity index (χ2n) is 7.74. The summed E-state index contributed by atoms with van der Waals surface area (Å²) in [6, 6.07) is 11.0. The number of carbonyl (C=O) groups excluding carboxylic acids is 2. The highest BCUT2D eigenvalue weighted by Gasteiger charge is 2.28. The maximum Gasteiger partial charge on any atom is 0.341 e. The number of nitro groups is 1. The number of nitrogens with one attached hydrogen (secondary N) is 1. The molecule has 178 valence electrons. The van der Waals surface area contributed by atoms with Crippen LogP contribution < -0.4 is 5.32 Å². The van der Waals surface area contributed by atoms with Gasteiger partial charge in [-0.2, -0.15) is 5.26 Å². The van der Waals surface area contributed by atoms with E-state index in [1.54, 1.807) is 25.1 Å². The Morgan fingerprint density at radius 2 is 2.03 bits per heavy atom. The summed E-state index contributed by atoms with van der Waals surface area (Å²) in [6.45, 7) is 1.92. The molecular weight excluding hydrogens is 470 g/mol. The first kappa shape index (κ1) is 23.9. The Hall–Kier alpha value is -4.23. The minimum absolute atomic E-state index is 0.121. The number of nitrogens with zero attached hydrogens (tertiary/aromatic N) is 2. The fourth-order valence-electron chi connectivity index (χ4n) is 3.95. The highest BCUT2D eigenvalue weighted by Crippen LogP contribution is 2.39. The van der Waals surface area contributed by atoms with Crippen LogP contribution in [-0.4, -0.2) is 23.4 Å². The largest absolute Gasteiger partial charge is 0.462 e. The third-order valence-corrected chi connectivity index (χ3v) is 6.73. The van der Waals surface area contributed by atoms with Crippen LogP contribution in [0.15, 0.2) is 46.4 Å². The van der Waals surface area contributed by atoms with E-state index in [2.05, 4.69) is 5.32 Å². The molecule has 0 unspecified atom stereocenters. The minimum Gasteiger partial charge on any atom is -0.462 e. The lowest BCUT2D eigenvalue weighted by Gasteiger charge is -2.12. The average Bonchev–Trinajstić information content (AvgIpc) is 3.46. The van der Waals surface area contributed by atoms with Gasteiger partial charge in [0.15, 0.2) is 0 Å². The number of amides is 1. The molecule has 1 aromatic carbocycles. The molecule has 0 bridgehead atoms. The first-order chi connectivity index (χ1) is 16.9. The summed E-state index contributed by atoms with van der Waals surface area (Å²) in [5, 5.41) is 24.0. The van der Waals surface area contributed by atoms with Crippen molar-refractivity contribution in [2.24, 2.45) is 0 Å². The summed E-state index contributed by atoms with van der Waals surface area (Å²) in [5.74, 6) is -0.775. The Morgan fingerprint density at radius 3 is 2.77 bits per heavy atom. The van der Waals surface area contributed by atoms with Crippen molar-refractivity contribution in [3.8, 4) is 17.4 Å². The molecule has 0 atom stereocenters. The number of hydrogen-bond donors (Lipinski definition) is 1. The number of fused-ring (bicyclic) bond motifs is 1. The second-order valence-corrected chi connectivity index (χ2v) is 8.84. The molecule has 9 nitrogen and oxygen atoms in total. The lowest BCUT2D eigenvalue weighted by Crippen LogP contribution is -2.16. The van der Waals surface area contributed by atoms with Crippen molar-refractivity contribution in [2.45, 2.75) is 32.6 Å². The highest BCUT2D eigenvalue weighted by atomic mass is 32.1. The van der Waals surface area contributed by atoms with Crippen LogP contribution in [0.25, 0.3) is 17.4 Å². The molecule has 1 N–H and O–H groups in total. The third-order valence-electron chi connectivity index (χ3n) is 5.52. The van der Waals surface area contributed by atoms with Crippen molar-refractivity contribution in [3.05, 3.63) is 73.8 Å². The van der Waals surface area contributed by atoms with Crippen molar-refractivity contribution in [2.75, 3.05) is 11.9 Å². The number of hydrogen-bond acceptors (Lipinski definition) is 8. The van der Waals surface area contributed by atoms with Gasteiger partial charge in [0, 0.05) is 17.0 Å². The van der Waals surface area contributed by atoms with E-state index >= 15 is 0 Å². The number of ether oxygens (including phenoxy) is 1. The van der Waals surface area contributed by atoms with Gasteiger partial charge in [0.25, 0.3) is 11.6 Å². The van der Waals surface area contributed by atoms with E-state index in [-0.39, 0.29) is 35.0 Å². The van der Waals surface area contributed by atoms with Gasteiger partial charge >= 0.3 is 5.97 Å². The number of benzene rings is 1. The summed E-state index contributed by atoms with van der Waals surface area (Å²) < 4.78 is 10.9. The topological polar surface area (TPSA) is 135 Å². The van der Waals surface area contributed by atoms with Crippen LogP contribution in [0, 0.1) is 21.4 Å². The molecule has 1 amide bonds. The lowest BCUT2D eigenvalue weighted by molar-refractivity contribution is -0.384. The molecule has 0 saturated heterocycles. The summed E-state index contributed by atoms with van der Waals surface area (Å²) in [4.78, 5) is 37.4. The van der Waals surface area contributed by atoms with Gasteiger partial charge in [-0.25, -0.2) is 4.79 Å². The van der Waals surface area contributed by atoms with Crippen molar-refractivity contribution in [1.82, 2.24) is 0 Å². The van der Waals surface area contributed by atoms with Crippen molar-refractivity contribution >= 4 is 40.0 Å². The van der Waals surface area contributed by atoms with Gasteiger partial charge in [-0.05, 0) is 56.4 Å². The minimum atomic E-state index is -0.694. The fraction of sp³-hybridized carbons (Fsp3) is 0.240. The van der Waals surface area contributed by atoms with Gasteiger partial charge in [0.2, 0.25) is 0 Å². The Labute approximate surface area is 204 Å². The van der Waals surface area contributed by atoms with Gasteiger partial charge in [0.1, 0.15) is 28.2 Å². The SMILES string of the molecule is CCOC(=O)c1c(NC(=O)/C(C#N)=C/c2ccc(-c3ccccc3[N+](=O)[O-])o2)sc2c1CCCC2. The number of para-hydroxylation sites is 1. The molecule has 0 saturated carbocycles. The number of thiophene rings is 1. The van der Waals surface area contributed by atoms with E-state index in [1.165, 1.54) is 35.6 Å². The van der Waals surface area contributed by atoms with E-state index in [0.717, 1.165) is 36.1 Å². The number of carbonyl (C=O) groups is 2. The molecule has 1 aliphatic rings. The Balaban J connectivity index is 1.61. The lowest BCUT2D eigenvalue weighted by atomic mass is 9.95. The third kappa shape index (κ3) is 5.00. The van der Waals surface area contributed by atoms with Gasteiger partial charge in [-0.3, -0.25) is 14.9 Å². The number of nitro benzene ring substituents is 1. The Kier molecular flexibility index (Phi) is 7.08. The van der Waals surface area contributed by atoms with Crippen LogP contribution in [0.1, 0.15) is 46.3 Å². The monoisotopic (exact) mass is 491 g/mol. The fourth-order valence-corrected chi connectivity index (χ4v) is 5.22. The predicted octanol–water partition coefficient (Wildman–Crippen LogP) is 5.52. The summed E-state index contributed by atoms with van der Waals surface area (Å²) in [6.07, 6.45) is 4.77. The molecule has 10 heteroatoms. The van der Waals surface area contributed by atoms with E-state index in [0.29, 0.717) is 10.6 Å². The molecule has 4 rings (SSSR count). The number of esters is 1. The predicted molar refractivity (Wildman–Crippen MR) is 130 cm³/mol. The van der Waals surface area contributed by atoms with Crippen LogP contribution in [0.4, 0.5) is 10.7 Å². The molecule has 0 radical (unpaired) electrons. The summed E-state index contributed by atoms with van der Waals surface area (Å²) >= 11 is 1.33. The number of rotatable bonds is 7. The zero-order chi connectivity index (χ0) is 24.9. The molecule has 2 heterocycles. The van der Waals surface area contributed by atoms with Crippen LogP contribution in [-0.2, 0) is 22.4 Å². The van der Waals surface area contributed by atoms with Gasteiger partial charge in [-0.15, -0.1) is 11.3 Å². The van der Waals surface area contributed by atoms with E-state index < -0.39 is 16.8 Å². The van der Waals surface area contributed by atoms with E-state index in [4.69, 9.17) is 9.15 Å². The van der Waals surface area contributed by atoms with Crippen molar-refractivity contribution < 1.29 is 23.7 Å². The first-order valence-electron chi connectivity index (χ1n) is 11.0. The van der Waals surface area contributed by atoms with Crippen LogP contribution in [0.5, 0.6) is 0 Å². The average molecular weight is 492 g/mol. The van der Waals surface area contributed by atoms with Crippen LogP contribution in [0.3, 0.4) is 0 Å². The first-order valence-corrected chi connectivity index (χ1v) is 11.8. The van der Waals surface area contributed by atoms with E-state index in [9.17, 15) is 25.0 Å². The van der Waals surface area contributed by atoms with Crippen LogP contribution in [0.2, 0.25) is 0 Å². The zero-order valence-electron chi connectivity index (χ0n) is 18.8. The van der Waals surface area contributed by atoms with Crippen molar-refractivity contribution in [3.63, 3.8) is 0 Å². The summed E-state index contributed by atoms with van der Waals surface area (Å²) in [5.41, 5.74) is 1.17. The van der Waals surface area contributed by atoms with Gasteiger partial charge in [0.05, 0.1) is 22.7 Å².